The molecule has 0 unspecified atom stereocenters. The average molecular weight is 355 g/mol. The molecule has 1 aromatic carbocycles. The molecule has 0 radical (unpaired) electrons. The van der Waals surface area contributed by atoms with Crippen molar-refractivity contribution in [3.8, 4) is 0 Å². The van der Waals surface area contributed by atoms with Crippen molar-refractivity contribution in [2.24, 2.45) is 0 Å². The van der Waals surface area contributed by atoms with E-state index < -0.39 is 0 Å². The second kappa shape index (κ2) is 7.65. The summed E-state index contributed by atoms with van der Waals surface area (Å²) in [5.41, 5.74) is 2.26. The van der Waals surface area contributed by atoms with Gasteiger partial charge < -0.3 is 10.6 Å². The van der Waals surface area contributed by atoms with E-state index in [1.165, 1.54) is 55.5 Å². The Balaban J connectivity index is 1.55. The van der Waals surface area contributed by atoms with Gasteiger partial charge in [0.05, 0.1) is 5.69 Å². The monoisotopic (exact) mass is 354 g/mol. The van der Waals surface area contributed by atoms with Crippen molar-refractivity contribution in [3.05, 3.63) is 36.0 Å². The summed E-state index contributed by atoms with van der Waals surface area (Å²) >= 11 is 1.75. The highest BCUT2D eigenvalue weighted by atomic mass is 32.2. The van der Waals surface area contributed by atoms with Crippen LogP contribution in [0.4, 0.5) is 17.5 Å². The minimum Gasteiger partial charge on any atom is -0.351 e. The topological polar surface area (TPSA) is 49.8 Å². The van der Waals surface area contributed by atoms with Crippen molar-refractivity contribution < 1.29 is 0 Å². The Morgan fingerprint density at radius 1 is 1.00 bits per heavy atom. The van der Waals surface area contributed by atoms with Crippen LogP contribution in [-0.2, 0) is 0 Å². The number of aromatic nitrogens is 2. The van der Waals surface area contributed by atoms with E-state index in [2.05, 4.69) is 47.2 Å². The maximum absolute atomic E-state index is 4.80. The molecule has 2 aromatic rings. The molecule has 0 aliphatic heterocycles. The van der Waals surface area contributed by atoms with Crippen LogP contribution in [0.2, 0.25) is 0 Å². The molecule has 25 heavy (non-hydrogen) atoms. The van der Waals surface area contributed by atoms with E-state index in [9.17, 15) is 0 Å². The van der Waals surface area contributed by atoms with Crippen LogP contribution < -0.4 is 10.6 Å². The van der Waals surface area contributed by atoms with Crippen molar-refractivity contribution in [1.29, 1.82) is 0 Å². The lowest BCUT2D eigenvalue weighted by atomic mass is 9.96. The Kier molecular flexibility index (Phi) is 5.11. The zero-order chi connectivity index (χ0) is 17.1. The number of nitrogens with one attached hydrogen (secondary N) is 2. The summed E-state index contributed by atoms with van der Waals surface area (Å²) in [7, 11) is 0. The zero-order valence-electron chi connectivity index (χ0n) is 14.8. The number of hydrogen-bond acceptors (Lipinski definition) is 5. The molecule has 2 fully saturated rings. The highest BCUT2D eigenvalue weighted by Crippen LogP contribution is 2.40. The van der Waals surface area contributed by atoms with E-state index in [0.717, 1.165) is 17.5 Å². The van der Waals surface area contributed by atoms with Gasteiger partial charge in [-0.1, -0.05) is 25.3 Å². The molecular weight excluding hydrogens is 328 g/mol. The van der Waals surface area contributed by atoms with Crippen LogP contribution in [0, 0.1) is 0 Å². The van der Waals surface area contributed by atoms with E-state index in [1.807, 2.05) is 0 Å². The fourth-order valence-electron chi connectivity index (χ4n) is 3.46. The molecule has 2 saturated carbocycles. The second-order valence-corrected chi connectivity index (χ2v) is 7.99. The molecule has 4 rings (SSSR count). The molecule has 4 nitrogen and oxygen atoms in total. The van der Waals surface area contributed by atoms with Crippen LogP contribution in [0.15, 0.2) is 35.2 Å². The van der Waals surface area contributed by atoms with E-state index in [1.54, 1.807) is 11.8 Å². The first-order valence-corrected chi connectivity index (χ1v) is 10.6. The number of rotatable bonds is 6. The van der Waals surface area contributed by atoms with Crippen molar-refractivity contribution in [3.63, 3.8) is 0 Å². The second-order valence-electron chi connectivity index (χ2n) is 7.11. The fraction of sp³-hybridized carbons (Fsp3) is 0.500. The maximum Gasteiger partial charge on any atom is 0.225 e. The van der Waals surface area contributed by atoms with Crippen LogP contribution in [0.5, 0.6) is 0 Å². The van der Waals surface area contributed by atoms with Crippen LogP contribution in [0.25, 0.3) is 0 Å². The van der Waals surface area contributed by atoms with Crippen molar-refractivity contribution >= 4 is 29.2 Å². The molecule has 0 spiro atoms. The van der Waals surface area contributed by atoms with Gasteiger partial charge in [-0.15, -0.1) is 11.8 Å². The molecule has 0 saturated heterocycles. The van der Waals surface area contributed by atoms with Crippen LogP contribution in [0.3, 0.4) is 0 Å². The Morgan fingerprint density at radius 3 is 2.60 bits per heavy atom. The third-order valence-electron chi connectivity index (χ3n) is 5.02. The fourth-order valence-corrected chi connectivity index (χ4v) is 3.92. The summed E-state index contributed by atoms with van der Waals surface area (Å²) in [6, 6.07) is 11.1. The molecule has 2 aliphatic rings. The molecule has 1 heterocycles. The van der Waals surface area contributed by atoms with Crippen LogP contribution in [0.1, 0.15) is 56.6 Å². The summed E-state index contributed by atoms with van der Waals surface area (Å²) in [5.74, 6) is 2.31. The van der Waals surface area contributed by atoms with Gasteiger partial charge in [-0.25, -0.2) is 4.98 Å². The number of hydrogen-bond donors (Lipinski definition) is 2. The number of benzene rings is 1. The summed E-state index contributed by atoms with van der Waals surface area (Å²) in [5, 5.41) is 7.06. The molecule has 132 valence electrons. The predicted octanol–water partition coefficient (Wildman–Crippen LogP) is 5.56. The molecule has 0 bridgehead atoms. The van der Waals surface area contributed by atoms with Crippen molar-refractivity contribution in [1.82, 2.24) is 9.97 Å². The Bertz CT molecular complexity index is 723. The highest BCUT2D eigenvalue weighted by molar-refractivity contribution is 7.98. The summed E-state index contributed by atoms with van der Waals surface area (Å²) in [4.78, 5) is 10.8. The first-order valence-electron chi connectivity index (χ1n) is 9.37. The molecule has 5 heteroatoms. The SMILES string of the molecule is CSc1cccc(Nc2cc(C3CC3)nc(NC3CCCCC3)n2)c1. The average Bonchev–Trinajstić information content (AvgIpc) is 3.48. The molecule has 2 aliphatic carbocycles. The minimum atomic E-state index is 0.524. The molecule has 0 atom stereocenters. The first kappa shape index (κ1) is 16.7. The van der Waals surface area contributed by atoms with E-state index in [0.29, 0.717) is 12.0 Å². The normalized spacial score (nSPS) is 18.1. The van der Waals surface area contributed by atoms with Gasteiger partial charge >= 0.3 is 0 Å². The van der Waals surface area contributed by atoms with Gasteiger partial charge in [0.25, 0.3) is 0 Å². The van der Waals surface area contributed by atoms with Gasteiger partial charge in [-0.2, -0.15) is 4.98 Å². The van der Waals surface area contributed by atoms with Crippen molar-refractivity contribution in [2.45, 2.75) is 61.8 Å². The van der Waals surface area contributed by atoms with Crippen LogP contribution in [-0.4, -0.2) is 22.3 Å². The number of thioether (sulfide) groups is 1. The summed E-state index contributed by atoms with van der Waals surface area (Å²) in [6.45, 7) is 0. The zero-order valence-corrected chi connectivity index (χ0v) is 15.6. The van der Waals surface area contributed by atoms with E-state index in [-0.39, 0.29) is 0 Å². The van der Waals surface area contributed by atoms with Gasteiger partial charge in [0, 0.05) is 28.6 Å². The predicted molar refractivity (Wildman–Crippen MR) is 106 cm³/mol. The molecule has 0 amide bonds. The quantitative estimate of drug-likeness (QED) is 0.665. The maximum atomic E-state index is 4.80. The van der Waals surface area contributed by atoms with Gasteiger partial charge in [-0.05, 0) is 50.1 Å². The van der Waals surface area contributed by atoms with Gasteiger partial charge in [0.2, 0.25) is 5.95 Å². The Labute approximate surface area is 154 Å². The van der Waals surface area contributed by atoms with Gasteiger partial charge in [0.15, 0.2) is 0 Å². The van der Waals surface area contributed by atoms with Crippen LogP contribution >= 0.6 is 11.8 Å². The summed E-state index contributed by atoms with van der Waals surface area (Å²) < 4.78 is 0. The third kappa shape index (κ3) is 4.46. The summed E-state index contributed by atoms with van der Waals surface area (Å²) in [6.07, 6.45) is 11.0. The standard InChI is InChI=1S/C20H26N4S/c1-25-17-9-5-8-16(12-17)21-19-13-18(14-10-11-14)23-20(24-19)22-15-6-3-2-4-7-15/h5,8-9,12-15H,2-4,6-7,10-11H2,1H3,(H2,21,22,23,24). The molecular formula is C20H26N4S. The lowest BCUT2D eigenvalue weighted by Gasteiger charge is -2.23. The smallest absolute Gasteiger partial charge is 0.225 e. The number of anilines is 3. The Hall–Kier alpha value is -1.75. The molecule has 1 aromatic heterocycles. The lowest BCUT2D eigenvalue weighted by Crippen LogP contribution is -2.23. The minimum absolute atomic E-state index is 0.524. The number of nitrogens with zero attached hydrogens (tertiary/aromatic N) is 2. The molecule has 2 N–H and O–H groups in total. The third-order valence-corrected chi connectivity index (χ3v) is 5.75. The largest absolute Gasteiger partial charge is 0.351 e. The van der Waals surface area contributed by atoms with Crippen molar-refractivity contribution in [2.75, 3.05) is 16.9 Å². The van der Waals surface area contributed by atoms with E-state index >= 15 is 0 Å². The first-order chi connectivity index (χ1) is 12.3. The van der Waals surface area contributed by atoms with Gasteiger partial charge in [0.1, 0.15) is 5.82 Å². The highest BCUT2D eigenvalue weighted by Gasteiger charge is 2.26. The lowest BCUT2D eigenvalue weighted by molar-refractivity contribution is 0.460. The van der Waals surface area contributed by atoms with Gasteiger partial charge in [-0.3, -0.25) is 0 Å². The Morgan fingerprint density at radius 2 is 1.84 bits per heavy atom. The van der Waals surface area contributed by atoms with E-state index in [4.69, 9.17) is 9.97 Å².